The molecule has 3 aromatic heterocycles. The number of hydrogen-bond acceptors (Lipinski definition) is 7. The van der Waals surface area contributed by atoms with Gasteiger partial charge in [-0.25, -0.2) is 14.8 Å². The zero-order valence-corrected chi connectivity index (χ0v) is 20.1. The van der Waals surface area contributed by atoms with E-state index in [9.17, 15) is 37.8 Å². The zero-order chi connectivity index (χ0) is 27.1. The lowest BCUT2D eigenvalue weighted by Crippen LogP contribution is -2.21. The molecule has 3 N–H and O–H groups in total. The monoisotopic (exact) mass is 532 g/mol. The van der Waals surface area contributed by atoms with Crippen LogP contribution in [0.15, 0.2) is 46.8 Å². The molecule has 13 heteroatoms. The Balaban J connectivity index is 1.98. The number of aliphatic hydroxyl groups is 1. The lowest BCUT2D eigenvalue weighted by atomic mass is 9.99. The Kier molecular flexibility index (Phi) is 6.84. The van der Waals surface area contributed by atoms with Crippen LogP contribution in [0.4, 0.5) is 19.0 Å². The van der Waals surface area contributed by atoms with Crippen LogP contribution in [-0.2, 0) is 11.0 Å². The highest BCUT2D eigenvalue weighted by Gasteiger charge is 2.34. The Morgan fingerprint density at radius 3 is 2.54 bits per heavy atom. The lowest BCUT2D eigenvalue weighted by Gasteiger charge is -2.18. The Bertz CT molecular complexity index is 1600. The van der Waals surface area contributed by atoms with Gasteiger partial charge in [-0.05, 0) is 30.7 Å². The maximum absolute atomic E-state index is 13.2. The number of fused-ring (bicyclic) bond motifs is 1. The summed E-state index contributed by atoms with van der Waals surface area (Å²) in [5.74, 6) is -1.80. The summed E-state index contributed by atoms with van der Waals surface area (Å²) < 4.78 is 41.1. The fourth-order valence-electron chi connectivity index (χ4n) is 3.77. The first-order chi connectivity index (χ1) is 17.4. The summed E-state index contributed by atoms with van der Waals surface area (Å²) in [6, 6.07) is 5.40. The quantitative estimate of drug-likeness (QED) is 0.335. The molecule has 0 fully saturated rings. The van der Waals surface area contributed by atoms with E-state index in [0.717, 1.165) is 22.9 Å². The number of pyridine rings is 2. The number of carbonyl (C=O) groups is 2. The molecule has 0 aliphatic carbocycles. The molecule has 1 aromatic carbocycles. The molecule has 3 heterocycles. The number of amides is 1. The molecule has 0 saturated carbocycles. The van der Waals surface area contributed by atoms with Gasteiger partial charge in [-0.15, -0.1) is 11.3 Å². The highest BCUT2D eigenvalue weighted by atomic mass is 32.1. The molecule has 0 aliphatic heterocycles. The lowest BCUT2D eigenvalue weighted by molar-refractivity contribution is -0.140. The molecule has 4 rings (SSSR count). The van der Waals surface area contributed by atoms with Crippen LogP contribution in [0.5, 0.6) is 0 Å². The van der Waals surface area contributed by atoms with Gasteiger partial charge < -0.3 is 20.1 Å². The molecule has 4 aromatic rings. The number of carboxylic acid groups (broad SMARTS) is 1. The van der Waals surface area contributed by atoms with Gasteiger partial charge in [0.15, 0.2) is 5.69 Å². The number of aliphatic hydroxyl groups excluding tert-OH is 1. The molecular formula is C24H19F3N4O5S. The molecule has 0 bridgehead atoms. The first-order valence-electron chi connectivity index (χ1n) is 10.7. The average Bonchev–Trinajstić information content (AvgIpc) is 3.34. The molecule has 1 atom stereocenters. The second-order valence-electron chi connectivity index (χ2n) is 8.18. The van der Waals surface area contributed by atoms with Gasteiger partial charge in [-0.1, -0.05) is 6.07 Å². The van der Waals surface area contributed by atoms with Gasteiger partial charge in [0.2, 0.25) is 11.3 Å². The number of alkyl halides is 3. The number of carboxylic acids is 1. The molecule has 37 heavy (non-hydrogen) atoms. The number of aromatic nitrogens is 3. The highest BCUT2D eigenvalue weighted by molar-refractivity contribution is 7.13. The number of anilines is 1. The van der Waals surface area contributed by atoms with E-state index in [4.69, 9.17) is 0 Å². The van der Waals surface area contributed by atoms with Crippen LogP contribution in [0, 0.1) is 0 Å². The second-order valence-corrected chi connectivity index (χ2v) is 9.04. The molecule has 0 spiro atoms. The van der Waals surface area contributed by atoms with Crippen molar-refractivity contribution in [2.24, 2.45) is 0 Å². The van der Waals surface area contributed by atoms with Crippen molar-refractivity contribution in [1.29, 1.82) is 0 Å². The second kappa shape index (κ2) is 9.75. The Hall–Kier alpha value is -4.10. The summed E-state index contributed by atoms with van der Waals surface area (Å²) in [4.78, 5) is 44.1. The van der Waals surface area contributed by atoms with Crippen molar-refractivity contribution in [2.75, 3.05) is 11.9 Å². The van der Waals surface area contributed by atoms with E-state index >= 15 is 0 Å². The Labute approximate surface area is 210 Å². The normalized spacial score (nSPS) is 12.5. The minimum atomic E-state index is -4.66. The van der Waals surface area contributed by atoms with Crippen molar-refractivity contribution in [1.82, 2.24) is 14.5 Å². The topological polar surface area (TPSA) is 134 Å². The molecule has 0 saturated heterocycles. The summed E-state index contributed by atoms with van der Waals surface area (Å²) in [6.07, 6.45) is -2.17. The molecule has 1 amide bonds. The SMILES string of the molecule is CC(=O)Nc1cc(-c2nc(C(F)(F)F)cs2)c(-c2ccc3c(c2)c(=O)c(C(=O)O)cn3[C@@H](C)CO)cn1. The fraction of sp³-hybridized carbons (Fsp3) is 0.208. The van der Waals surface area contributed by atoms with Crippen LogP contribution < -0.4 is 10.7 Å². The van der Waals surface area contributed by atoms with Gasteiger partial charge in [-0.2, -0.15) is 13.2 Å². The maximum atomic E-state index is 13.2. The molecule has 0 unspecified atom stereocenters. The number of carbonyl (C=O) groups excluding carboxylic acids is 1. The van der Waals surface area contributed by atoms with E-state index < -0.39 is 40.8 Å². The van der Waals surface area contributed by atoms with E-state index in [1.165, 1.54) is 29.8 Å². The van der Waals surface area contributed by atoms with Gasteiger partial charge in [0, 0.05) is 41.2 Å². The molecule has 0 radical (unpaired) electrons. The number of rotatable bonds is 6. The summed E-state index contributed by atoms with van der Waals surface area (Å²) in [6.45, 7) is 2.58. The number of hydrogen-bond donors (Lipinski definition) is 3. The highest BCUT2D eigenvalue weighted by Crippen LogP contribution is 2.39. The van der Waals surface area contributed by atoms with E-state index in [1.807, 2.05) is 0 Å². The zero-order valence-electron chi connectivity index (χ0n) is 19.3. The molecule has 192 valence electrons. The molecule has 9 nitrogen and oxygen atoms in total. The number of benzene rings is 1. The number of halogens is 3. The van der Waals surface area contributed by atoms with E-state index in [-0.39, 0.29) is 28.4 Å². The molecular weight excluding hydrogens is 513 g/mol. The number of nitrogens with one attached hydrogen (secondary N) is 1. The van der Waals surface area contributed by atoms with Crippen molar-refractivity contribution in [3.8, 4) is 21.7 Å². The smallest absolute Gasteiger partial charge is 0.434 e. The predicted molar refractivity (Wildman–Crippen MR) is 131 cm³/mol. The minimum absolute atomic E-state index is 0.00187. The van der Waals surface area contributed by atoms with Gasteiger partial charge in [-0.3, -0.25) is 9.59 Å². The number of thiazole rings is 1. The third-order valence-corrected chi connectivity index (χ3v) is 6.42. The summed E-state index contributed by atoms with van der Waals surface area (Å²) in [5.41, 5.74) is -1.10. The van der Waals surface area contributed by atoms with Crippen LogP contribution in [-0.4, -0.2) is 43.2 Å². The largest absolute Gasteiger partial charge is 0.477 e. The fourth-order valence-corrected chi connectivity index (χ4v) is 4.62. The van der Waals surface area contributed by atoms with Crippen molar-refractivity contribution < 1.29 is 33.0 Å². The third kappa shape index (κ3) is 5.08. The van der Waals surface area contributed by atoms with Gasteiger partial charge in [0.1, 0.15) is 16.4 Å². The Morgan fingerprint density at radius 1 is 1.22 bits per heavy atom. The predicted octanol–water partition coefficient (Wildman–Crippen LogP) is 4.42. The number of nitrogens with zero attached hydrogens (tertiary/aromatic N) is 3. The first kappa shape index (κ1) is 26.0. The summed E-state index contributed by atoms with van der Waals surface area (Å²) in [5, 5.41) is 22.5. The van der Waals surface area contributed by atoms with Crippen molar-refractivity contribution in [3.05, 3.63) is 63.5 Å². The van der Waals surface area contributed by atoms with Gasteiger partial charge in [0.25, 0.3) is 0 Å². The van der Waals surface area contributed by atoms with Crippen molar-refractivity contribution in [3.63, 3.8) is 0 Å². The molecule has 0 aliphatic rings. The number of aromatic carboxylic acids is 1. The van der Waals surface area contributed by atoms with Crippen LogP contribution in [0.2, 0.25) is 0 Å². The van der Waals surface area contributed by atoms with Gasteiger partial charge >= 0.3 is 12.1 Å². The standard InChI is InChI=1S/C24H19F3N4O5S/c1-11(9-32)31-8-17(23(35)36)21(34)15-5-13(3-4-18(15)31)16-7-28-20(29-12(2)33)6-14(16)22-30-19(10-37-22)24(25,26)27/h3-8,10-11,32H,9H2,1-2H3,(H,35,36)(H,28,29,33)/t11-/m0/s1. The van der Waals surface area contributed by atoms with Crippen LogP contribution in [0.3, 0.4) is 0 Å². The van der Waals surface area contributed by atoms with Crippen LogP contribution >= 0.6 is 11.3 Å². The maximum Gasteiger partial charge on any atom is 0.434 e. The third-order valence-electron chi connectivity index (χ3n) is 5.55. The summed E-state index contributed by atoms with van der Waals surface area (Å²) >= 11 is 0.745. The minimum Gasteiger partial charge on any atom is -0.477 e. The Morgan fingerprint density at radius 2 is 1.95 bits per heavy atom. The first-order valence-corrected chi connectivity index (χ1v) is 11.6. The van der Waals surface area contributed by atoms with E-state index in [2.05, 4.69) is 15.3 Å². The van der Waals surface area contributed by atoms with Gasteiger partial charge in [0.05, 0.1) is 18.2 Å². The van der Waals surface area contributed by atoms with Crippen LogP contribution in [0.25, 0.3) is 32.6 Å². The van der Waals surface area contributed by atoms with E-state index in [1.54, 1.807) is 19.1 Å². The summed E-state index contributed by atoms with van der Waals surface area (Å²) in [7, 11) is 0. The van der Waals surface area contributed by atoms with Crippen LogP contribution in [0.1, 0.15) is 35.9 Å². The van der Waals surface area contributed by atoms with Crippen molar-refractivity contribution in [2.45, 2.75) is 26.1 Å². The van der Waals surface area contributed by atoms with Crippen molar-refractivity contribution >= 4 is 39.9 Å². The average molecular weight is 533 g/mol. The van der Waals surface area contributed by atoms with E-state index in [0.29, 0.717) is 16.6 Å².